The molecule has 1 aliphatic carbocycles. The van der Waals surface area contributed by atoms with Crippen LogP contribution < -0.4 is 16.2 Å². The van der Waals surface area contributed by atoms with Crippen molar-refractivity contribution in [1.29, 1.82) is 5.26 Å². The van der Waals surface area contributed by atoms with Crippen molar-refractivity contribution in [2.24, 2.45) is 5.84 Å². The monoisotopic (exact) mass is 218 g/mol. The molecule has 0 aromatic carbocycles. The van der Waals surface area contributed by atoms with Gasteiger partial charge in [0, 0.05) is 12.6 Å². The van der Waals surface area contributed by atoms with Crippen molar-refractivity contribution in [2.45, 2.75) is 25.3 Å². The molecule has 6 heteroatoms. The van der Waals surface area contributed by atoms with Crippen LogP contribution in [0.2, 0.25) is 0 Å². The summed E-state index contributed by atoms with van der Waals surface area (Å²) >= 11 is 0. The topological polar surface area (TPSA) is 90.9 Å². The van der Waals surface area contributed by atoms with Gasteiger partial charge in [-0.1, -0.05) is 0 Å². The second-order valence-electron chi connectivity index (χ2n) is 3.74. The molecule has 0 radical (unpaired) electrons. The van der Waals surface area contributed by atoms with Gasteiger partial charge in [-0.3, -0.25) is 4.98 Å². The van der Waals surface area contributed by atoms with Gasteiger partial charge in [-0.25, -0.2) is 10.8 Å². The minimum Gasteiger partial charge on any atom is -0.351 e. The molecule has 1 aromatic rings. The number of anilines is 2. The summed E-state index contributed by atoms with van der Waals surface area (Å²) in [4.78, 5) is 10.5. The standard InChI is InChI=1S/C10H14N6/c11-4-1-5-16(8-2-3-8)10-7-13-6-9(14-10)15-12/h6-8H,1-3,5,12H2,(H,14,15). The smallest absolute Gasteiger partial charge is 0.160 e. The zero-order valence-corrected chi connectivity index (χ0v) is 8.93. The highest BCUT2D eigenvalue weighted by atomic mass is 15.3. The van der Waals surface area contributed by atoms with E-state index in [0.717, 1.165) is 18.7 Å². The number of nitrogen functional groups attached to an aromatic ring is 1. The van der Waals surface area contributed by atoms with Gasteiger partial charge in [-0.15, -0.1) is 0 Å². The second kappa shape index (κ2) is 4.77. The number of nitriles is 1. The average molecular weight is 218 g/mol. The third kappa shape index (κ3) is 2.38. The van der Waals surface area contributed by atoms with Crippen LogP contribution in [0.3, 0.4) is 0 Å². The van der Waals surface area contributed by atoms with Crippen LogP contribution in [-0.4, -0.2) is 22.6 Å². The van der Waals surface area contributed by atoms with Gasteiger partial charge in [0.25, 0.3) is 0 Å². The van der Waals surface area contributed by atoms with Crippen molar-refractivity contribution >= 4 is 11.6 Å². The second-order valence-corrected chi connectivity index (χ2v) is 3.74. The molecular formula is C10H14N6. The van der Waals surface area contributed by atoms with Crippen molar-refractivity contribution in [1.82, 2.24) is 9.97 Å². The molecule has 0 unspecified atom stereocenters. The molecule has 16 heavy (non-hydrogen) atoms. The summed E-state index contributed by atoms with van der Waals surface area (Å²) in [6, 6.07) is 2.66. The van der Waals surface area contributed by atoms with Gasteiger partial charge in [0.15, 0.2) is 5.82 Å². The third-order valence-corrected chi connectivity index (χ3v) is 2.52. The summed E-state index contributed by atoms with van der Waals surface area (Å²) < 4.78 is 0. The number of hydrogen-bond acceptors (Lipinski definition) is 6. The predicted molar refractivity (Wildman–Crippen MR) is 60.4 cm³/mol. The first-order valence-electron chi connectivity index (χ1n) is 5.27. The van der Waals surface area contributed by atoms with Gasteiger partial charge in [-0.05, 0) is 12.8 Å². The summed E-state index contributed by atoms with van der Waals surface area (Å²) in [5, 5.41) is 8.62. The lowest BCUT2D eigenvalue weighted by molar-refractivity contribution is 0.775. The first kappa shape index (κ1) is 10.6. The molecule has 0 spiro atoms. The lowest BCUT2D eigenvalue weighted by Crippen LogP contribution is -2.28. The SMILES string of the molecule is N#CCCN(c1cncc(NN)n1)C1CC1. The Morgan fingerprint density at radius 3 is 3.00 bits per heavy atom. The van der Waals surface area contributed by atoms with E-state index in [1.165, 1.54) is 0 Å². The van der Waals surface area contributed by atoms with Crippen molar-refractivity contribution in [3.05, 3.63) is 12.4 Å². The van der Waals surface area contributed by atoms with E-state index in [0.29, 0.717) is 24.8 Å². The van der Waals surface area contributed by atoms with Crippen LogP contribution in [0.15, 0.2) is 12.4 Å². The van der Waals surface area contributed by atoms with Crippen molar-refractivity contribution < 1.29 is 0 Å². The normalized spacial score (nSPS) is 14.2. The Bertz CT molecular complexity index is 395. The number of nitrogens with one attached hydrogen (secondary N) is 1. The van der Waals surface area contributed by atoms with Crippen molar-refractivity contribution in [3.8, 4) is 6.07 Å². The van der Waals surface area contributed by atoms with Gasteiger partial charge in [0.2, 0.25) is 0 Å². The Morgan fingerprint density at radius 2 is 2.38 bits per heavy atom. The Hall–Kier alpha value is -1.87. The minimum atomic E-state index is 0.498. The lowest BCUT2D eigenvalue weighted by Gasteiger charge is -2.22. The largest absolute Gasteiger partial charge is 0.351 e. The minimum absolute atomic E-state index is 0.498. The van der Waals surface area contributed by atoms with Gasteiger partial charge >= 0.3 is 0 Å². The van der Waals surface area contributed by atoms with Crippen LogP contribution in [0.5, 0.6) is 0 Å². The van der Waals surface area contributed by atoms with E-state index >= 15 is 0 Å². The summed E-state index contributed by atoms with van der Waals surface area (Å²) in [7, 11) is 0. The highest BCUT2D eigenvalue weighted by Crippen LogP contribution is 2.30. The summed E-state index contributed by atoms with van der Waals surface area (Å²) in [6.07, 6.45) is 6.09. The van der Waals surface area contributed by atoms with E-state index in [2.05, 4.69) is 26.4 Å². The average Bonchev–Trinajstić information content (AvgIpc) is 3.14. The molecule has 3 N–H and O–H groups in total. The van der Waals surface area contributed by atoms with Crippen molar-refractivity contribution in [2.75, 3.05) is 16.9 Å². The molecule has 6 nitrogen and oxygen atoms in total. The quantitative estimate of drug-likeness (QED) is 0.557. The molecule has 0 saturated heterocycles. The predicted octanol–water partition coefficient (Wildman–Crippen LogP) is 0.645. The first-order chi connectivity index (χ1) is 7.85. The Kier molecular flexibility index (Phi) is 3.17. The summed E-state index contributed by atoms with van der Waals surface area (Å²) in [5.41, 5.74) is 2.47. The van der Waals surface area contributed by atoms with Gasteiger partial charge in [0.05, 0.1) is 24.9 Å². The fraction of sp³-hybridized carbons (Fsp3) is 0.500. The molecule has 1 fully saturated rings. The molecular weight excluding hydrogens is 204 g/mol. The van der Waals surface area contributed by atoms with E-state index < -0.39 is 0 Å². The molecule has 0 amide bonds. The molecule has 84 valence electrons. The van der Waals surface area contributed by atoms with Gasteiger partial charge in [0.1, 0.15) is 5.82 Å². The van der Waals surface area contributed by atoms with E-state index in [1.54, 1.807) is 12.4 Å². The van der Waals surface area contributed by atoms with E-state index in [9.17, 15) is 0 Å². The Balaban J connectivity index is 2.14. The number of nitrogens with zero attached hydrogens (tertiary/aromatic N) is 4. The highest BCUT2D eigenvalue weighted by molar-refractivity contribution is 5.45. The fourth-order valence-electron chi connectivity index (χ4n) is 1.60. The van der Waals surface area contributed by atoms with Crippen LogP contribution in [-0.2, 0) is 0 Å². The van der Waals surface area contributed by atoms with Gasteiger partial charge < -0.3 is 10.3 Å². The lowest BCUT2D eigenvalue weighted by atomic mass is 10.4. The van der Waals surface area contributed by atoms with E-state index in [4.69, 9.17) is 11.1 Å². The Labute approximate surface area is 94.1 Å². The van der Waals surface area contributed by atoms with E-state index in [-0.39, 0.29) is 0 Å². The Morgan fingerprint density at radius 1 is 1.56 bits per heavy atom. The maximum atomic E-state index is 8.62. The van der Waals surface area contributed by atoms with Crippen LogP contribution in [0, 0.1) is 11.3 Å². The number of rotatable bonds is 5. The van der Waals surface area contributed by atoms with Crippen LogP contribution >= 0.6 is 0 Å². The molecule has 0 atom stereocenters. The number of hydrogen-bond donors (Lipinski definition) is 2. The maximum Gasteiger partial charge on any atom is 0.160 e. The van der Waals surface area contributed by atoms with Crippen LogP contribution in [0.1, 0.15) is 19.3 Å². The van der Waals surface area contributed by atoms with E-state index in [1.807, 2.05) is 0 Å². The molecule has 1 aromatic heterocycles. The zero-order valence-electron chi connectivity index (χ0n) is 8.93. The first-order valence-corrected chi connectivity index (χ1v) is 5.27. The van der Waals surface area contributed by atoms with Crippen molar-refractivity contribution in [3.63, 3.8) is 0 Å². The highest BCUT2D eigenvalue weighted by Gasteiger charge is 2.29. The van der Waals surface area contributed by atoms with Crippen LogP contribution in [0.25, 0.3) is 0 Å². The zero-order chi connectivity index (χ0) is 11.4. The molecule has 1 aliphatic rings. The number of aromatic nitrogens is 2. The third-order valence-electron chi connectivity index (χ3n) is 2.52. The summed E-state index contributed by atoms with van der Waals surface area (Å²) in [5.74, 6) is 6.61. The fourth-order valence-corrected chi connectivity index (χ4v) is 1.60. The number of nitrogens with two attached hydrogens (primary N) is 1. The molecule has 2 rings (SSSR count). The van der Waals surface area contributed by atoms with Gasteiger partial charge in [-0.2, -0.15) is 5.26 Å². The maximum absolute atomic E-state index is 8.62. The summed E-state index contributed by atoms with van der Waals surface area (Å²) in [6.45, 7) is 0.698. The molecule has 1 heterocycles. The number of hydrazine groups is 1. The molecule has 0 aliphatic heterocycles. The van der Waals surface area contributed by atoms with Crippen LogP contribution in [0.4, 0.5) is 11.6 Å². The molecule has 0 bridgehead atoms. The molecule has 1 saturated carbocycles.